The van der Waals surface area contributed by atoms with E-state index in [4.69, 9.17) is 0 Å². The van der Waals surface area contributed by atoms with E-state index in [9.17, 15) is 5.11 Å². The van der Waals surface area contributed by atoms with Crippen molar-refractivity contribution in [1.29, 1.82) is 0 Å². The van der Waals surface area contributed by atoms with Crippen LogP contribution in [-0.2, 0) is 6.54 Å². The zero-order chi connectivity index (χ0) is 14.5. The maximum absolute atomic E-state index is 9.77. The highest BCUT2D eigenvalue weighted by Gasteiger charge is 2.18. The van der Waals surface area contributed by atoms with Crippen molar-refractivity contribution in [3.05, 3.63) is 28.2 Å². The van der Waals surface area contributed by atoms with Crippen LogP contribution in [0.4, 0.5) is 5.69 Å². The summed E-state index contributed by atoms with van der Waals surface area (Å²) in [5.41, 5.74) is 2.48. The summed E-state index contributed by atoms with van der Waals surface area (Å²) in [6.45, 7) is 8.14. The molecule has 1 aliphatic rings. The van der Waals surface area contributed by atoms with E-state index in [1.54, 1.807) is 0 Å². The van der Waals surface area contributed by atoms with Gasteiger partial charge in [0.05, 0.1) is 6.10 Å². The van der Waals surface area contributed by atoms with Gasteiger partial charge in [-0.2, -0.15) is 0 Å². The van der Waals surface area contributed by atoms with E-state index in [2.05, 4.69) is 58.2 Å². The van der Waals surface area contributed by atoms with Crippen LogP contribution in [0.25, 0.3) is 0 Å². The number of piperidine rings is 1. The molecule has 0 amide bonds. The summed E-state index contributed by atoms with van der Waals surface area (Å²) >= 11 is 3.67. The first-order valence-electron chi connectivity index (χ1n) is 7.48. The normalized spacial score (nSPS) is 19.6. The Morgan fingerprint density at radius 1 is 1.45 bits per heavy atom. The lowest BCUT2D eigenvalue weighted by atomic mass is 10.1. The van der Waals surface area contributed by atoms with Gasteiger partial charge in [0, 0.05) is 29.8 Å². The van der Waals surface area contributed by atoms with Crippen molar-refractivity contribution < 1.29 is 5.11 Å². The fourth-order valence-electron chi connectivity index (χ4n) is 2.56. The van der Waals surface area contributed by atoms with Crippen LogP contribution in [0.3, 0.4) is 0 Å². The molecule has 0 spiro atoms. The van der Waals surface area contributed by atoms with E-state index in [1.165, 1.54) is 11.3 Å². The average molecular weight is 341 g/mol. The second kappa shape index (κ2) is 7.43. The average Bonchev–Trinajstić information content (AvgIpc) is 2.40. The highest BCUT2D eigenvalue weighted by molar-refractivity contribution is 9.10. The molecule has 2 N–H and O–H groups in total. The minimum Gasteiger partial charge on any atom is -0.391 e. The molecule has 0 radical (unpaired) electrons. The lowest BCUT2D eigenvalue weighted by Crippen LogP contribution is -2.38. The van der Waals surface area contributed by atoms with Crippen molar-refractivity contribution in [3.8, 4) is 0 Å². The maximum Gasteiger partial charge on any atom is 0.0715 e. The number of anilines is 1. The topological polar surface area (TPSA) is 35.5 Å². The van der Waals surface area contributed by atoms with E-state index >= 15 is 0 Å². The number of rotatable bonds is 5. The SMILES string of the molecule is CC(C)CNCc1ccc(N2CCCC(O)C2)cc1Br. The number of hydrogen-bond acceptors (Lipinski definition) is 3. The molecule has 1 aromatic carbocycles. The Balaban J connectivity index is 1.98. The first-order chi connectivity index (χ1) is 9.56. The van der Waals surface area contributed by atoms with Crippen molar-refractivity contribution >= 4 is 21.6 Å². The Morgan fingerprint density at radius 3 is 2.90 bits per heavy atom. The van der Waals surface area contributed by atoms with E-state index in [1.807, 2.05) is 0 Å². The smallest absolute Gasteiger partial charge is 0.0715 e. The predicted octanol–water partition coefficient (Wildman–Crippen LogP) is 3.16. The third-order valence-corrected chi connectivity index (χ3v) is 4.40. The molecule has 0 aliphatic carbocycles. The molecule has 20 heavy (non-hydrogen) atoms. The van der Waals surface area contributed by atoms with E-state index in [0.29, 0.717) is 5.92 Å². The Morgan fingerprint density at radius 2 is 2.25 bits per heavy atom. The summed E-state index contributed by atoms with van der Waals surface area (Å²) in [6, 6.07) is 6.51. The van der Waals surface area contributed by atoms with Gasteiger partial charge in [-0.1, -0.05) is 35.8 Å². The van der Waals surface area contributed by atoms with Gasteiger partial charge in [0.2, 0.25) is 0 Å². The van der Waals surface area contributed by atoms with Crippen LogP contribution in [0, 0.1) is 5.92 Å². The van der Waals surface area contributed by atoms with Gasteiger partial charge in [-0.15, -0.1) is 0 Å². The van der Waals surface area contributed by atoms with Crippen molar-refractivity contribution in [2.45, 2.75) is 39.3 Å². The number of aliphatic hydroxyl groups is 1. The quantitative estimate of drug-likeness (QED) is 0.864. The van der Waals surface area contributed by atoms with Gasteiger partial charge in [0.1, 0.15) is 0 Å². The minimum atomic E-state index is -0.185. The summed E-state index contributed by atoms with van der Waals surface area (Å²) in [5, 5.41) is 13.2. The summed E-state index contributed by atoms with van der Waals surface area (Å²) in [7, 11) is 0. The molecule has 1 fully saturated rings. The number of nitrogens with zero attached hydrogens (tertiary/aromatic N) is 1. The second-order valence-electron chi connectivity index (χ2n) is 6.04. The molecule has 0 saturated carbocycles. The lowest BCUT2D eigenvalue weighted by molar-refractivity contribution is 0.154. The first kappa shape index (κ1) is 15.8. The van der Waals surface area contributed by atoms with Gasteiger partial charge in [-0.05, 0) is 43.0 Å². The number of nitrogens with one attached hydrogen (secondary N) is 1. The predicted molar refractivity (Wildman–Crippen MR) is 88.1 cm³/mol. The fraction of sp³-hybridized carbons (Fsp3) is 0.625. The molecule has 0 bridgehead atoms. The van der Waals surface area contributed by atoms with E-state index in [-0.39, 0.29) is 6.10 Å². The Kier molecular flexibility index (Phi) is 5.87. The summed E-state index contributed by atoms with van der Waals surface area (Å²) < 4.78 is 1.14. The molecule has 1 aliphatic heterocycles. The molecule has 1 saturated heterocycles. The molecule has 0 aromatic heterocycles. The lowest BCUT2D eigenvalue weighted by Gasteiger charge is -2.32. The van der Waals surface area contributed by atoms with E-state index < -0.39 is 0 Å². The fourth-order valence-corrected chi connectivity index (χ4v) is 3.07. The standard InChI is InChI=1S/C16H25BrN2O/c1-12(2)9-18-10-13-5-6-14(8-16(13)17)19-7-3-4-15(20)11-19/h5-6,8,12,15,18,20H,3-4,7,9-11H2,1-2H3. The highest BCUT2D eigenvalue weighted by Crippen LogP contribution is 2.26. The van der Waals surface area contributed by atoms with Crippen LogP contribution in [-0.4, -0.2) is 30.8 Å². The molecule has 2 rings (SSSR count). The molecular weight excluding hydrogens is 316 g/mol. The van der Waals surface area contributed by atoms with Crippen LogP contribution >= 0.6 is 15.9 Å². The van der Waals surface area contributed by atoms with Gasteiger partial charge in [-0.25, -0.2) is 0 Å². The zero-order valence-corrected chi connectivity index (χ0v) is 14.0. The molecule has 1 atom stereocenters. The van der Waals surface area contributed by atoms with Crippen molar-refractivity contribution in [3.63, 3.8) is 0 Å². The number of β-amino-alcohol motifs (C(OH)–C–C–N with tert-alkyl or cyclic N) is 1. The molecule has 4 heteroatoms. The summed E-state index contributed by atoms with van der Waals surface area (Å²) in [6.07, 6.45) is 1.81. The van der Waals surface area contributed by atoms with Crippen molar-refractivity contribution in [2.24, 2.45) is 5.92 Å². The zero-order valence-electron chi connectivity index (χ0n) is 12.4. The maximum atomic E-state index is 9.77. The summed E-state index contributed by atoms with van der Waals surface area (Å²) in [4.78, 5) is 2.27. The van der Waals surface area contributed by atoms with Crippen LogP contribution in [0.15, 0.2) is 22.7 Å². The van der Waals surface area contributed by atoms with Crippen LogP contribution < -0.4 is 10.2 Å². The Hall–Kier alpha value is -0.580. The van der Waals surface area contributed by atoms with Gasteiger partial charge in [0.15, 0.2) is 0 Å². The largest absolute Gasteiger partial charge is 0.391 e. The second-order valence-corrected chi connectivity index (χ2v) is 6.90. The monoisotopic (exact) mass is 340 g/mol. The van der Waals surface area contributed by atoms with Crippen LogP contribution in [0.1, 0.15) is 32.3 Å². The third kappa shape index (κ3) is 4.47. The molecule has 1 heterocycles. The van der Waals surface area contributed by atoms with Gasteiger partial charge < -0.3 is 15.3 Å². The van der Waals surface area contributed by atoms with Gasteiger partial charge in [-0.3, -0.25) is 0 Å². The van der Waals surface area contributed by atoms with Gasteiger partial charge in [0.25, 0.3) is 0 Å². The molecule has 3 nitrogen and oxygen atoms in total. The van der Waals surface area contributed by atoms with Gasteiger partial charge >= 0.3 is 0 Å². The minimum absolute atomic E-state index is 0.185. The number of halogens is 1. The van der Waals surface area contributed by atoms with Crippen LogP contribution in [0.2, 0.25) is 0 Å². The number of aliphatic hydroxyl groups excluding tert-OH is 1. The Bertz CT molecular complexity index is 436. The molecule has 1 unspecified atom stereocenters. The van der Waals surface area contributed by atoms with Crippen molar-refractivity contribution in [1.82, 2.24) is 5.32 Å². The summed E-state index contributed by atoms with van der Waals surface area (Å²) in [5.74, 6) is 0.669. The van der Waals surface area contributed by atoms with Crippen molar-refractivity contribution in [2.75, 3.05) is 24.5 Å². The third-order valence-electron chi connectivity index (χ3n) is 3.67. The Labute approximate surface area is 130 Å². The number of benzene rings is 1. The van der Waals surface area contributed by atoms with Crippen LogP contribution in [0.5, 0.6) is 0 Å². The number of hydrogen-bond donors (Lipinski definition) is 2. The molecular formula is C16H25BrN2O. The first-order valence-corrected chi connectivity index (χ1v) is 8.27. The molecule has 112 valence electrons. The highest BCUT2D eigenvalue weighted by atomic mass is 79.9. The molecule has 1 aromatic rings. The van der Waals surface area contributed by atoms with E-state index in [0.717, 1.165) is 43.5 Å².